The molecular formula is C35H41FN6O4. The Kier molecular flexibility index (Phi) is 9.62. The minimum atomic E-state index is -0.681. The molecule has 0 bridgehead atoms. The molecule has 1 saturated heterocycles. The largest absolute Gasteiger partial charge is 0.497 e. The highest BCUT2D eigenvalue weighted by atomic mass is 19.1. The summed E-state index contributed by atoms with van der Waals surface area (Å²) in [5.41, 5.74) is 6.27. The minimum Gasteiger partial charge on any atom is -0.497 e. The first kappa shape index (κ1) is 32.5. The second-order valence-corrected chi connectivity index (χ2v) is 11.7. The average molecular weight is 629 g/mol. The van der Waals surface area contributed by atoms with Crippen LogP contribution < -0.4 is 29.3 Å². The number of benzene rings is 3. The van der Waals surface area contributed by atoms with Crippen molar-refractivity contribution in [2.45, 2.75) is 33.7 Å². The van der Waals surface area contributed by atoms with Gasteiger partial charge in [0.2, 0.25) is 11.8 Å². The first-order valence-corrected chi connectivity index (χ1v) is 15.1. The van der Waals surface area contributed by atoms with E-state index >= 15 is 4.39 Å². The lowest BCUT2D eigenvalue weighted by molar-refractivity contribution is 0.207. The van der Waals surface area contributed by atoms with E-state index in [0.717, 1.165) is 41.9 Å². The molecule has 1 unspecified atom stereocenters. The van der Waals surface area contributed by atoms with Crippen molar-refractivity contribution in [2.24, 2.45) is 0 Å². The number of halogens is 1. The number of likely N-dealkylation sites (N-methyl/N-ethyl adjacent to an activating group) is 1. The number of piperazine rings is 1. The number of aromatic nitrogens is 2. The molecule has 1 amide bonds. The summed E-state index contributed by atoms with van der Waals surface area (Å²) < 4.78 is 31.9. The van der Waals surface area contributed by atoms with Crippen LogP contribution >= 0.6 is 0 Å². The van der Waals surface area contributed by atoms with E-state index in [1.807, 2.05) is 19.1 Å². The number of methoxy groups -OCH3 is 2. The molecule has 0 aliphatic carbocycles. The summed E-state index contributed by atoms with van der Waals surface area (Å²) in [5.74, 6) is 0.889. The highest BCUT2D eigenvalue weighted by Crippen LogP contribution is 2.32. The second kappa shape index (κ2) is 13.6. The zero-order valence-corrected chi connectivity index (χ0v) is 27.6. The minimum absolute atomic E-state index is 0.0281. The number of carbonyl (C=O) groups is 1. The van der Waals surface area contributed by atoms with Crippen LogP contribution in [0.4, 0.5) is 32.2 Å². The van der Waals surface area contributed by atoms with Crippen molar-refractivity contribution in [1.82, 2.24) is 14.9 Å². The molecule has 4 aromatic rings. The van der Waals surface area contributed by atoms with Crippen molar-refractivity contribution in [1.29, 1.82) is 0 Å². The first-order valence-electron chi connectivity index (χ1n) is 15.1. The molecule has 2 heterocycles. The van der Waals surface area contributed by atoms with Gasteiger partial charge in [-0.15, -0.1) is 0 Å². The molecule has 0 spiro atoms. The van der Waals surface area contributed by atoms with E-state index in [-0.39, 0.29) is 17.6 Å². The molecule has 11 heteroatoms. The fourth-order valence-electron chi connectivity index (χ4n) is 5.39. The maximum Gasteiger partial charge on any atom is 0.420 e. The third kappa shape index (κ3) is 6.99. The quantitative estimate of drug-likeness (QED) is 0.228. The zero-order chi connectivity index (χ0) is 33.1. The Morgan fingerprint density at radius 2 is 1.67 bits per heavy atom. The van der Waals surface area contributed by atoms with Gasteiger partial charge in [0, 0.05) is 68.2 Å². The molecule has 242 valence electrons. The van der Waals surface area contributed by atoms with Gasteiger partial charge >= 0.3 is 6.09 Å². The van der Waals surface area contributed by atoms with Crippen molar-refractivity contribution in [3.05, 3.63) is 77.1 Å². The van der Waals surface area contributed by atoms with Gasteiger partial charge in [-0.3, -0.25) is 4.90 Å². The van der Waals surface area contributed by atoms with E-state index in [1.54, 1.807) is 43.4 Å². The van der Waals surface area contributed by atoms with Crippen LogP contribution in [-0.4, -0.2) is 75.0 Å². The third-order valence-corrected chi connectivity index (χ3v) is 8.73. The zero-order valence-electron chi connectivity index (χ0n) is 27.6. The lowest BCUT2D eigenvalue weighted by atomic mass is 9.97. The predicted molar refractivity (Wildman–Crippen MR) is 180 cm³/mol. The van der Waals surface area contributed by atoms with E-state index in [9.17, 15) is 4.79 Å². The Morgan fingerprint density at radius 3 is 2.33 bits per heavy atom. The molecule has 10 nitrogen and oxygen atoms in total. The van der Waals surface area contributed by atoms with Gasteiger partial charge < -0.3 is 29.3 Å². The average Bonchev–Trinajstić information content (AvgIpc) is 3.04. The van der Waals surface area contributed by atoms with Crippen LogP contribution in [0.15, 0.2) is 54.6 Å². The van der Waals surface area contributed by atoms with Crippen molar-refractivity contribution in [3.8, 4) is 28.6 Å². The second-order valence-electron chi connectivity index (χ2n) is 11.7. The maximum absolute atomic E-state index is 15.4. The Bertz CT molecular complexity index is 1730. The third-order valence-electron chi connectivity index (χ3n) is 8.73. The Labute approximate surface area is 269 Å². The number of carbonyl (C=O) groups excluding carboxylic acids is 1. The Morgan fingerprint density at radius 1 is 0.957 bits per heavy atom. The number of aryl methyl sites for hydroxylation is 1. The number of hydrogen-bond donors (Lipinski definition) is 1. The van der Waals surface area contributed by atoms with Gasteiger partial charge in [-0.2, -0.15) is 4.98 Å². The van der Waals surface area contributed by atoms with Crippen LogP contribution in [0.25, 0.3) is 11.3 Å². The monoisotopic (exact) mass is 628 g/mol. The SMILES string of the molecule is COc1cc(OC)cc(N(C)C(=O)Oc2cc(-c3ccc(C)c(C)c3C)nc(Nc3ccc(N4CCN(C)C(C)C4)c(F)c3)n2)c1. The van der Waals surface area contributed by atoms with Crippen molar-refractivity contribution in [2.75, 3.05) is 63.1 Å². The maximum atomic E-state index is 15.4. The molecule has 1 N–H and O–H groups in total. The molecule has 3 aromatic carbocycles. The first-order chi connectivity index (χ1) is 22.0. The van der Waals surface area contributed by atoms with Crippen LogP contribution in [-0.2, 0) is 0 Å². The van der Waals surface area contributed by atoms with Crippen LogP contribution in [0.3, 0.4) is 0 Å². The molecule has 0 radical (unpaired) electrons. The van der Waals surface area contributed by atoms with Crippen LogP contribution in [0.1, 0.15) is 23.6 Å². The van der Waals surface area contributed by atoms with E-state index in [1.165, 1.54) is 25.2 Å². The normalized spacial score (nSPS) is 15.0. The van der Waals surface area contributed by atoms with Gasteiger partial charge in [0.15, 0.2) is 0 Å². The highest BCUT2D eigenvalue weighted by Gasteiger charge is 2.23. The van der Waals surface area contributed by atoms with Crippen molar-refractivity contribution < 1.29 is 23.4 Å². The van der Waals surface area contributed by atoms with E-state index in [2.05, 4.69) is 47.9 Å². The van der Waals surface area contributed by atoms with Crippen molar-refractivity contribution >= 4 is 29.1 Å². The number of hydrogen-bond acceptors (Lipinski definition) is 9. The molecule has 0 saturated carbocycles. The Hall–Kier alpha value is -4.90. The van der Waals surface area contributed by atoms with Gasteiger partial charge in [0.25, 0.3) is 0 Å². The summed E-state index contributed by atoms with van der Waals surface area (Å²) in [5, 5.41) is 3.12. The summed E-state index contributed by atoms with van der Waals surface area (Å²) in [6, 6.07) is 16.1. The van der Waals surface area contributed by atoms with Gasteiger partial charge in [-0.05, 0) is 69.6 Å². The van der Waals surface area contributed by atoms with Crippen LogP contribution in [0.5, 0.6) is 17.4 Å². The van der Waals surface area contributed by atoms with E-state index in [0.29, 0.717) is 40.3 Å². The molecular weight excluding hydrogens is 587 g/mol. The van der Waals surface area contributed by atoms with Gasteiger partial charge in [0.1, 0.15) is 17.3 Å². The van der Waals surface area contributed by atoms with Crippen LogP contribution in [0.2, 0.25) is 0 Å². The number of nitrogens with zero attached hydrogens (tertiary/aromatic N) is 5. The molecule has 1 aliphatic rings. The van der Waals surface area contributed by atoms with Gasteiger partial charge in [0.05, 0.1) is 31.3 Å². The molecule has 1 atom stereocenters. The van der Waals surface area contributed by atoms with E-state index < -0.39 is 6.09 Å². The lowest BCUT2D eigenvalue weighted by Crippen LogP contribution is -2.50. The summed E-state index contributed by atoms with van der Waals surface area (Å²) in [4.78, 5) is 28.2. The van der Waals surface area contributed by atoms with Gasteiger partial charge in [-0.1, -0.05) is 12.1 Å². The smallest absolute Gasteiger partial charge is 0.420 e. The fraction of sp³-hybridized carbons (Fsp3) is 0.343. The summed E-state index contributed by atoms with van der Waals surface area (Å²) in [7, 11) is 6.74. The standard InChI is InChI=1S/C35H41FN6O4/c1-21-9-11-29(24(4)23(21)3)31-19-33(46-35(43)41(6)26-16-27(44-7)18-28(17-26)45-8)39-34(38-31)37-25-10-12-32(30(36)15-25)42-14-13-40(5)22(2)20-42/h9-12,15-19,22H,13-14,20H2,1-8H3,(H,37,38,39). The molecule has 5 rings (SSSR count). The molecule has 1 fully saturated rings. The summed E-state index contributed by atoms with van der Waals surface area (Å²) >= 11 is 0. The lowest BCUT2D eigenvalue weighted by Gasteiger charge is -2.39. The highest BCUT2D eigenvalue weighted by molar-refractivity contribution is 5.89. The van der Waals surface area contributed by atoms with Gasteiger partial charge in [-0.25, -0.2) is 14.2 Å². The summed E-state index contributed by atoms with van der Waals surface area (Å²) in [6.45, 7) is 10.6. The number of nitrogens with one attached hydrogen (secondary N) is 1. The predicted octanol–water partition coefficient (Wildman–Crippen LogP) is 6.74. The van der Waals surface area contributed by atoms with Crippen LogP contribution in [0, 0.1) is 26.6 Å². The number of ether oxygens (including phenoxy) is 3. The number of anilines is 4. The molecule has 46 heavy (non-hydrogen) atoms. The summed E-state index contributed by atoms with van der Waals surface area (Å²) in [6.07, 6.45) is -0.681. The fourth-order valence-corrected chi connectivity index (χ4v) is 5.39. The number of rotatable bonds is 8. The van der Waals surface area contributed by atoms with Crippen molar-refractivity contribution in [3.63, 3.8) is 0 Å². The molecule has 1 aliphatic heterocycles. The van der Waals surface area contributed by atoms with E-state index in [4.69, 9.17) is 19.2 Å². The molecule has 1 aromatic heterocycles. The number of amides is 1. The Balaban J connectivity index is 1.46. The topological polar surface area (TPSA) is 92.3 Å².